The van der Waals surface area contributed by atoms with Crippen molar-refractivity contribution in [3.8, 4) is 5.75 Å². The highest BCUT2D eigenvalue weighted by Crippen LogP contribution is 2.43. The fourth-order valence-corrected chi connectivity index (χ4v) is 2.34. The Morgan fingerprint density at radius 3 is 2.08 bits per heavy atom. The van der Waals surface area contributed by atoms with Crippen molar-refractivity contribution in [1.82, 2.24) is 0 Å². The predicted molar refractivity (Wildman–Crippen MR) is 60.4 cm³/mol. The Hall–Kier alpha value is 0.260. The summed E-state index contributed by atoms with van der Waals surface area (Å²) in [7, 11) is 0. The lowest BCUT2D eigenvalue weighted by atomic mass is 10.2. The molecule has 0 aliphatic rings. The highest BCUT2D eigenvalue weighted by atomic mass is 79.9. The standard InChI is InChI=1S/C7H6Br3NO/c1-2-3(8)5(10)7(12)6(11)4(2)9/h12H,11H2,1H3. The minimum Gasteiger partial charge on any atom is -0.505 e. The first kappa shape index (κ1) is 10.3. The number of nitrogens with two attached hydrogens (primary N) is 1. The highest BCUT2D eigenvalue weighted by molar-refractivity contribution is 9.13. The Bertz CT molecular complexity index is 233. The van der Waals surface area contributed by atoms with E-state index in [1.807, 2.05) is 6.92 Å². The zero-order chi connectivity index (χ0) is 9.46. The van der Waals surface area contributed by atoms with E-state index < -0.39 is 0 Å². The maximum atomic E-state index is 9.46. The second-order valence-corrected chi connectivity index (χ2v) is 4.71. The summed E-state index contributed by atoms with van der Waals surface area (Å²) in [5, 5.41) is 9.46. The maximum absolute atomic E-state index is 9.46. The molecule has 2 nitrogen and oxygen atoms in total. The van der Waals surface area contributed by atoms with Gasteiger partial charge in [-0.1, -0.05) is 0 Å². The number of rotatable bonds is 0. The number of phenolic OH excluding ortho intramolecular Hbond substituents is 1. The Balaban J connectivity index is 3.60. The SMILES string of the molecule is Cc1c(Br)c(N)c(O)c(Br)c1Br. The molecule has 0 unspecified atom stereocenters. The van der Waals surface area contributed by atoms with Gasteiger partial charge in [0.05, 0.1) is 10.2 Å². The lowest BCUT2D eigenvalue weighted by molar-refractivity contribution is 0.473. The molecule has 1 aromatic carbocycles. The van der Waals surface area contributed by atoms with Crippen LogP contribution in [0.15, 0.2) is 13.4 Å². The lowest BCUT2D eigenvalue weighted by Crippen LogP contribution is -1.92. The van der Waals surface area contributed by atoms with Crippen LogP contribution in [0.5, 0.6) is 5.75 Å². The molecular formula is C7H6Br3NO. The van der Waals surface area contributed by atoms with E-state index in [0.717, 1.165) is 14.5 Å². The molecular weight excluding hydrogens is 354 g/mol. The van der Waals surface area contributed by atoms with Crippen LogP contribution in [0.2, 0.25) is 0 Å². The van der Waals surface area contributed by atoms with Crippen LogP contribution in [0, 0.1) is 6.92 Å². The molecule has 0 aliphatic heterocycles. The molecule has 0 amide bonds. The van der Waals surface area contributed by atoms with Crippen molar-refractivity contribution in [2.45, 2.75) is 6.92 Å². The Morgan fingerprint density at radius 1 is 1.08 bits per heavy atom. The summed E-state index contributed by atoms with van der Waals surface area (Å²) in [6.45, 7) is 1.90. The molecule has 0 saturated carbocycles. The first-order valence-corrected chi connectivity index (χ1v) is 5.46. The summed E-state index contributed by atoms with van der Waals surface area (Å²) in [6.07, 6.45) is 0. The molecule has 0 spiro atoms. The van der Waals surface area contributed by atoms with E-state index >= 15 is 0 Å². The number of aromatic hydroxyl groups is 1. The third-order valence-electron chi connectivity index (χ3n) is 1.55. The number of anilines is 1. The van der Waals surface area contributed by atoms with Gasteiger partial charge in [0, 0.05) is 8.95 Å². The number of hydrogen-bond donors (Lipinski definition) is 2. The molecule has 3 N–H and O–H groups in total. The van der Waals surface area contributed by atoms with Crippen LogP contribution in [0.25, 0.3) is 0 Å². The van der Waals surface area contributed by atoms with Crippen molar-refractivity contribution in [3.05, 3.63) is 19.0 Å². The van der Waals surface area contributed by atoms with E-state index in [-0.39, 0.29) is 5.75 Å². The van der Waals surface area contributed by atoms with Crippen molar-refractivity contribution in [2.24, 2.45) is 0 Å². The molecule has 0 bridgehead atoms. The Labute approximate surface area is 95.5 Å². The summed E-state index contributed by atoms with van der Waals surface area (Å²) in [5.41, 5.74) is 6.91. The average molecular weight is 360 g/mol. The molecule has 0 heterocycles. The van der Waals surface area contributed by atoms with Crippen molar-refractivity contribution in [2.75, 3.05) is 5.73 Å². The van der Waals surface area contributed by atoms with Gasteiger partial charge in [-0.05, 0) is 60.3 Å². The van der Waals surface area contributed by atoms with E-state index in [1.165, 1.54) is 0 Å². The summed E-state index contributed by atoms with van der Waals surface area (Å²) in [6, 6.07) is 0. The van der Waals surface area contributed by atoms with Crippen LogP contribution >= 0.6 is 47.8 Å². The zero-order valence-corrected chi connectivity index (χ0v) is 10.9. The van der Waals surface area contributed by atoms with Crippen LogP contribution in [-0.2, 0) is 0 Å². The van der Waals surface area contributed by atoms with E-state index in [9.17, 15) is 5.11 Å². The summed E-state index contributed by atoms with van der Waals surface area (Å²) in [5.74, 6) is 0.0550. The second-order valence-electron chi connectivity index (χ2n) is 2.33. The number of benzene rings is 1. The van der Waals surface area contributed by atoms with Gasteiger partial charge in [0.1, 0.15) is 0 Å². The molecule has 1 aromatic rings. The van der Waals surface area contributed by atoms with Gasteiger partial charge in [-0.2, -0.15) is 0 Å². The molecule has 0 fully saturated rings. The van der Waals surface area contributed by atoms with Gasteiger partial charge in [0.2, 0.25) is 0 Å². The largest absolute Gasteiger partial charge is 0.505 e. The van der Waals surface area contributed by atoms with Crippen LogP contribution in [0.4, 0.5) is 5.69 Å². The maximum Gasteiger partial charge on any atom is 0.155 e. The van der Waals surface area contributed by atoms with Gasteiger partial charge in [-0.15, -0.1) is 0 Å². The first-order valence-electron chi connectivity index (χ1n) is 3.08. The second kappa shape index (κ2) is 3.55. The minimum absolute atomic E-state index is 0.0550. The third kappa shape index (κ3) is 1.49. The van der Waals surface area contributed by atoms with E-state index in [0.29, 0.717) is 10.2 Å². The van der Waals surface area contributed by atoms with Crippen LogP contribution in [0.1, 0.15) is 5.56 Å². The molecule has 12 heavy (non-hydrogen) atoms. The predicted octanol–water partition coefficient (Wildman–Crippen LogP) is 3.57. The molecule has 0 aromatic heterocycles. The monoisotopic (exact) mass is 357 g/mol. The quantitative estimate of drug-likeness (QED) is 0.422. The van der Waals surface area contributed by atoms with Crippen LogP contribution in [0.3, 0.4) is 0 Å². The number of halogens is 3. The van der Waals surface area contributed by atoms with Crippen molar-refractivity contribution < 1.29 is 5.11 Å². The van der Waals surface area contributed by atoms with Crippen molar-refractivity contribution >= 4 is 53.5 Å². The summed E-state index contributed by atoms with van der Waals surface area (Å²) >= 11 is 9.82. The minimum atomic E-state index is 0.0550. The molecule has 0 aliphatic carbocycles. The molecule has 66 valence electrons. The Kier molecular flexibility index (Phi) is 3.06. The van der Waals surface area contributed by atoms with Gasteiger partial charge in [0.15, 0.2) is 5.75 Å². The fraction of sp³-hybridized carbons (Fsp3) is 0.143. The van der Waals surface area contributed by atoms with E-state index in [4.69, 9.17) is 5.73 Å². The highest BCUT2D eigenvalue weighted by Gasteiger charge is 2.14. The number of phenols is 1. The van der Waals surface area contributed by atoms with E-state index in [2.05, 4.69) is 47.8 Å². The van der Waals surface area contributed by atoms with Gasteiger partial charge >= 0.3 is 0 Å². The average Bonchev–Trinajstić information content (AvgIpc) is 2.08. The summed E-state index contributed by atoms with van der Waals surface area (Å²) in [4.78, 5) is 0. The topological polar surface area (TPSA) is 46.2 Å². The van der Waals surface area contributed by atoms with Gasteiger partial charge < -0.3 is 10.8 Å². The van der Waals surface area contributed by atoms with Gasteiger partial charge in [0.25, 0.3) is 0 Å². The van der Waals surface area contributed by atoms with Crippen LogP contribution < -0.4 is 5.73 Å². The van der Waals surface area contributed by atoms with Crippen molar-refractivity contribution in [1.29, 1.82) is 0 Å². The number of nitrogen functional groups attached to an aromatic ring is 1. The van der Waals surface area contributed by atoms with E-state index in [1.54, 1.807) is 0 Å². The number of hydrogen-bond acceptors (Lipinski definition) is 2. The zero-order valence-electron chi connectivity index (χ0n) is 6.16. The smallest absolute Gasteiger partial charge is 0.155 e. The molecule has 1 rings (SSSR count). The van der Waals surface area contributed by atoms with Gasteiger partial charge in [-0.25, -0.2) is 0 Å². The third-order valence-corrected chi connectivity index (χ3v) is 4.87. The Morgan fingerprint density at radius 2 is 1.58 bits per heavy atom. The summed E-state index contributed by atoms with van der Waals surface area (Å²) < 4.78 is 2.11. The van der Waals surface area contributed by atoms with Gasteiger partial charge in [-0.3, -0.25) is 0 Å². The van der Waals surface area contributed by atoms with Crippen molar-refractivity contribution in [3.63, 3.8) is 0 Å². The first-order chi connectivity index (χ1) is 5.46. The van der Waals surface area contributed by atoms with Crippen LogP contribution in [-0.4, -0.2) is 5.11 Å². The fourth-order valence-electron chi connectivity index (χ4n) is 0.789. The molecule has 0 saturated heterocycles. The lowest BCUT2D eigenvalue weighted by Gasteiger charge is -2.10. The molecule has 5 heteroatoms. The molecule has 0 atom stereocenters. The molecule has 0 radical (unpaired) electrons. The normalized spacial score (nSPS) is 10.3.